The molecular formula is C24H29N5O5S2. The molecule has 0 spiro atoms. The predicted octanol–water partition coefficient (Wildman–Crippen LogP) is 3.19. The fourth-order valence-electron chi connectivity index (χ4n) is 3.34. The van der Waals surface area contributed by atoms with Gasteiger partial charge in [0.2, 0.25) is 5.91 Å². The minimum absolute atomic E-state index is 0.0507. The van der Waals surface area contributed by atoms with Crippen molar-refractivity contribution in [2.24, 2.45) is 5.14 Å². The van der Waals surface area contributed by atoms with Crippen LogP contribution in [-0.4, -0.2) is 33.0 Å². The van der Waals surface area contributed by atoms with Gasteiger partial charge >= 0.3 is 6.09 Å². The van der Waals surface area contributed by atoms with Crippen LogP contribution in [0.4, 0.5) is 16.2 Å². The van der Waals surface area contributed by atoms with E-state index in [0.29, 0.717) is 24.2 Å². The van der Waals surface area contributed by atoms with E-state index in [0.717, 1.165) is 16.0 Å². The molecule has 1 heterocycles. The molecule has 3 aromatic rings. The molecule has 2 amide bonds. The van der Waals surface area contributed by atoms with Crippen LogP contribution in [0.2, 0.25) is 0 Å². The third-order valence-electron chi connectivity index (χ3n) is 5.16. The highest BCUT2D eigenvalue weighted by Gasteiger charge is 2.22. The van der Waals surface area contributed by atoms with Crippen LogP contribution in [0, 0.1) is 0 Å². The monoisotopic (exact) mass is 531 g/mol. The van der Waals surface area contributed by atoms with Gasteiger partial charge in [-0.05, 0) is 54.0 Å². The van der Waals surface area contributed by atoms with Crippen molar-refractivity contribution in [3.63, 3.8) is 0 Å². The molecule has 36 heavy (non-hydrogen) atoms. The van der Waals surface area contributed by atoms with Crippen molar-refractivity contribution >= 4 is 44.9 Å². The average molecular weight is 532 g/mol. The zero-order valence-electron chi connectivity index (χ0n) is 19.5. The summed E-state index contributed by atoms with van der Waals surface area (Å²) in [5.41, 5.74) is 8.59. The summed E-state index contributed by atoms with van der Waals surface area (Å²) < 4.78 is 29.5. The highest BCUT2D eigenvalue weighted by atomic mass is 32.2. The second-order valence-electron chi connectivity index (χ2n) is 7.96. The average Bonchev–Trinajstić information content (AvgIpc) is 3.38. The second-order valence-corrected chi connectivity index (χ2v) is 10.3. The van der Waals surface area contributed by atoms with Crippen LogP contribution in [0.1, 0.15) is 24.8 Å². The first-order chi connectivity index (χ1) is 17.2. The van der Waals surface area contributed by atoms with Crippen molar-refractivity contribution in [3.8, 4) is 10.4 Å². The fraction of sp³-hybridized carbons (Fsp3) is 0.250. The number of nitrogen functional groups attached to an aromatic ring is 1. The van der Waals surface area contributed by atoms with E-state index in [1.807, 2.05) is 53.9 Å². The molecule has 0 saturated heterocycles. The molecule has 2 aromatic carbocycles. The number of alkyl carbamates (subject to hydrolysis) is 1. The van der Waals surface area contributed by atoms with E-state index in [1.54, 1.807) is 23.5 Å². The SMILES string of the molecule is Nc1ccc(-c2cccs2)cc1NC(=O)[C@H](CCCCNS(N)(=O)=O)NC(=O)OCc1ccccc1. The van der Waals surface area contributed by atoms with Crippen LogP contribution in [0.5, 0.6) is 0 Å². The number of amides is 2. The van der Waals surface area contributed by atoms with Crippen molar-refractivity contribution in [3.05, 3.63) is 71.6 Å². The van der Waals surface area contributed by atoms with Gasteiger partial charge in [-0.25, -0.2) is 14.7 Å². The van der Waals surface area contributed by atoms with Gasteiger partial charge in [0.25, 0.3) is 10.2 Å². The number of hydrogen-bond acceptors (Lipinski definition) is 7. The van der Waals surface area contributed by atoms with Crippen LogP contribution < -0.4 is 26.2 Å². The Morgan fingerprint density at radius 2 is 1.81 bits per heavy atom. The number of nitrogens with two attached hydrogens (primary N) is 2. The zero-order chi connectivity index (χ0) is 26.0. The first-order valence-corrected chi connectivity index (χ1v) is 13.6. The Kier molecular flexibility index (Phi) is 9.82. The number of rotatable bonds is 12. The van der Waals surface area contributed by atoms with E-state index in [-0.39, 0.29) is 19.6 Å². The number of hydrogen-bond donors (Lipinski definition) is 5. The van der Waals surface area contributed by atoms with E-state index in [2.05, 4.69) is 15.4 Å². The molecule has 7 N–H and O–H groups in total. The molecule has 1 atom stereocenters. The van der Waals surface area contributed by atoms with E-state index in [1.165, 1.54) is 0 Å². The number of carbonyl (C=O) groups excluding carboxylic acids is 2. The Labute approximate surface area is 214 Å². The Bertz CT molecular complexity index is 1250. The Hall–Kier alpha value is -3.45. The summed E-state index contributed by atoms with van der Waals surface area (Å²) in [4.78, 5) is 26.6. The zero-order valence-corrected chi connectivity index (χ0v) is 21.1. The predicted molar refractivity (Wildman–Crippen MR) is 141 cm³/mol. The molecule has 12 heteroatoms. The second kappa shape index (κ2) is 13.0. The minimum Gasteiger partial charge on any atom is -0.445 e. The number of nitrogens with one attached hydrogen (secondary N) is 3. The minimum atomic E-state index is -3.79. The highest BCUT2D eigenvalue weighted by molar-refractivity contribution is 7.87. The van der Waals surface area contributed by atoms with E-state index in [4.69, 9.17) is 15.6 Å². The lowest BCUT2D eigenvalue weighted by atomic mass is 10.1. The highest BCUT2D eigenvalue weighted by Crippen LogP contribution is 2.30. The Balaban J connectivity index is 1.65. The lowest BCUT2D eigenvalue weighted by Gasteiger charge is -2.19. The van der Waals surface area contributed by atoms with Gasteiger partial charge in [-0.2, -0.15) is 8.42 Å². The van der Waals surface area contributed by atoms with Crippen molar-refractivity contribution in [2.45, 2.75) is 31.9 Å². The van der Waals surface area contributed by atoms with Gasteiger partial charge in [-0.1, -0.05) is 42.5 Å². The van der Waals surface area contributed by atoms with Gasteiger partial charge in [-0.3, -0.25) is 4.79 Å². The van der Waals surface area contributed by atoms with Crippen molar-refractivity contribution in [2.75, 3.05) is 17.6 Å². The lowest BCUT2D eigenvalue weighted by molar-refractivity contribution is -0.118. The van der Waals surface area contributed by atoms with Gasteiger partial charge in [-0.15, -0.1) is 11.3 Å². The van der Waals surface area contributed by atoms with Crippen LogP contribution in [0.3, 0.4) is 0 Å². The van der Waals surface area contributed by atoms with Crippen LogP contribution in [-0.2, 0) is 26.3 Å². The largest absolute Gasteiger partial charge is 0.445 e. The maximum absolute atomic E-state index is 13.1. The van der Waals surface area contributed by atoms with Crippen molar-refractivity contribution in [1.82, 2.24) is 10.0 Å². The normalized spacial score (nSPS) is 12.0. The fourth-order valence-corrected chi connectivity index (χ4v) is 4.50. The summed E-state index contributed by atoms with van der Waals surface area (Å²) in [5, 5.41) is 12.3. The van der Waals surface area contributed by atoms with E-state index < -0.39 is 28.3 Å². The van der Waals surface area contributed by atoms with E-state index >= 15 is 0 Å². The molecule has 10 nitrogen and oxygen atoms in total. The molecule has 0 saturated carbocycles. The molecule has 0 radical (unpaired) electrons. The van der Waals surface area contributed by atoms with Gasteiger partial charge in [0.05, 0.1) is 11.4 Å². The van der Waals surface area contributed by atoms with Crippen LogP contribution in [0.15, 0.2) is 66.0 Å². The molecule has 3 rings (SSSR count). The molecule has 0 unspecified atom stereocenters. The van der Waals surface area contributed by atoms with Gasteiger partial charge in [0.1, 0.15) is 12.6 Å². The molecule has 0 aliphatic carbocycles. The molecule has 0 bridgehead atoms. The molecular weight excluding hydrogens is 502 g/mol. The maximum atomic E-state index is 13.1. The Morgan fingerprint density at radius 1 is 1.03 bits per heavy atom. The molecule has 0 fully saturated rings. The molecule has 0 aliphatic heterocycles. The number of thiophene rings is 1. The first-order valence-electron chi connectivity index (χ1n) is 11.2. The summed E-state index contributed by atoms with van der Waals surface area (Å²) in [7, 11) is -3.79. The van der Waals surface area contributed by atoms with Crippen molar-refractivity contribution in [1.29, 1.82) is 0 Å². The number of benzene rings is 2. The number of ether oxygens (including phenoxy) is 1. The van der Waals surface area contributed by atoms with Gasteiger partial charge < -0.3 is 21.1 Å². The van der Waals surface area contributed by atoms with E-state index in [9.17, 15) is 18.0 Å². The number of carbonyl (C=O) groups is 2. The first kappa shape index (κ1) is 27.1. The van der Waals surface area contributed by atoms with Crippen LogP contribution in [0.25, 0.3) is 10.4 Å². The molecule has 1 aromatic heterocycles. The lowest BCUT2D eigenvalue weighted by Crippen LogP contribution is -2.44. The molecule has 0 aliphatic rings. The van der Waals surface area contributed by atoms with Gasteiger partial charge in [0.15, 0.2) is 0 Å². The van der Waals surface area contributed by atoms with Crippen LogP contribution >= 0.6 is 11.3 Å². The number of unbranched alkanes of at least 4 members (excludes halogenated alkanes) is 1. The van der Waals surface area contributed by atoms with Gasteiger partial charge in [0, 0.05) is 11.4 Å². The summed E-state index contributed by atoms with van der Waals surface area (Å²) in [5.74, 6) is -0.471. The molecule has 192 valence electrons. The topological polar surface area (TPSA) is 166 Å². The number of anilines is 2. The third kappa shape index (κ3) is 8.96. The maximum Gasteiger partial charge on any atom is 0.408 e. The summed E-state index contributed by atoms with van der Waals surface area (Å²) in [6.45, 7) is 0.163. The standard InChI is InChI=1S/C24H29N5O5S2/c25-19-12-11-18(22-10-6-14-35-22)15-21(19)28-23(30)20(9-4-5-13-27-36(26,32)33)29-24(31)34-16-17-7-2-1-3-8-17/h1-3,6-8,10-12,14-15,20,27H,4-5,9,13,16,25H2,(H,28,30)(H,29,31)(H2,26,32,33)/t20-/m0/s1. The summed E-state index contributed by atoms with van der Waals surface area (Å²) in [6, 6.07) is 17.5. The summed E-state index contributed by atoms with van der Waals surface area (Å²) in [6.07, 6.45) is 0.339. The quantitative estimate of drug-likeness (QED) is 0.178. The Morgan fingerprint density at radius 3 is 2.50 bits per heavy atom. The third-order valence-corrected chi connectivity index (χ3v) is 6.69. The summed E-state index contributed by atoms with van der Waals surface area (Å²) >= 11 is 1.56. The smallest absolute Gasteiger partial charge is 0.408 e. The van der Waals surface area contributed by atoms with Crippen molar-refractivity contribution < 1.29 is 22.7 Å².